The highest BCUT2D eigenvalue weighted by molar-refractivity contribution is 7.92. The highest BCUT2D eigenvalue weighted by atomic mass is 35.5. The Morgan fingerprint density at radius 2 is 1.85 bits per heavy atom. The van der Waals surface area contributed by atoms with Crippen molar-refractivity contribution in [1.82, 2.24) is 4.90 Å². The van der Waals surface area contributed by atoms with Crippen LogP contribution in [0.5, 0.6) is 0 Å². The summed E-state index contributed by atoms with van der Waals surface area (Å²) in [4.78, 5) is 13.7. The Hall–Kier alpha value is -1.53. The first-order valence-electron chi connectivity index (χ1n) is 5.75. The van der Waals surface area contributed by atoms with Crippen LogP contribution in [0.4, 0.5) is 5.69 Å². The van der Waals surface area contributed by atoms with Crippen LogP contribution in [0.15, 0.2) is 30.5 Å². The SMILES string of the molecule is CN(C)C=CC(=O)c1ccc(Cl)c(N(C)S(C)(=O)=O)c1. The molecule has 0 spiro atoms. The van der Waals surface area contributed by atoms with Crippen LogP contribution in [0.2, 0.25) is 5.02 Å². The molecule has 0 aromatic heterocycles. The Labute approximate surface area is 124 Å². The lowest BCUT2D eigenvalue weighted by molar-refractivity contribution is 0.104. The summed E-state index contributed by atoms with van der Waals surface area (Å²) in [6, 6.07) is 4.53. The molecule has 110 valence electrons. The monoisotopic (exact) mass is 316 g/mol. The Balaban J connectivity index is 3.19. The number of carbonyl (C=O) groups is 1. The minimum absolute atomic E-state index is 0.224. The molecule has 5 nitrogen and oxygen atoms in total. The lowest BCUT2D eigenvalue weighted by atomic mass is 10.1. The second kappa shape index (κ2) is 6.28. The molecule has 0 amide bonds. The van der Waals surface area contributed by atoms with Gasteiger partial charge in [-0.2, -0.15) is 0 Å². The molecule has 1 aromatic carbocycles. The summed E-state index contributed by atoms with van der Waals surface area (Å²) < 4.78 is 24.1. The Morgan fingerprint density at radius 1 is 1.25 bits per heavy atom. The third kappa shape index (κ3) is 4.25. The quantitative estimate of drug-likeness (QED) is 0.616. The normalized spacial score (nSPS) is 11.7. The molecule has 0 bridgehead atoms. The molecule has 1 aromatic rings. The van der Waals surface area contributed by atoms with Crippen LogP contribution in [-0.4, -0.2) is 46.5 Å². The maximum Gasteiger partial charge on any atom is 0.232 e. The fourth-order valence-corrected chi connectivity index (χ4v) is 2.20. The summed E-state index contributed by atoms with van der Waals surface area (Å²) in [5.41, 5.74) is 0.649. The van der Waals surface area contributed by atoms with Crippen molar-refractivity contribution in [2.75, 3.05) is 31.7 Å². The van der Waals surface area contributed by atoms with E-state index >= 15 is 0 Å². The average molecular weight is 317 g/mol. The van der Waals surface area contributed by atoms with Gasteiger partial charge in [0, 0.05) is 39.0 Å². The third-order valence-corrected chi connectivity index (χ3v) is 4.10. The Morgan fingerprint density at radius 3 is 2.35 bits per heavy atom. The number of carbonyl (C=O) groups excluding carboxylic acids is 1. The van der Waals surface area contributed by atoms with Gasteiger partial charge < -0.3 is 4.90 Å². The van der Waals surface area contributed by atoms with Gasteiger partial charge in [0.05, 0.1) is 17.0 Å². The van der Waals surface area contributed by atoms with Gasteiger partial charge in [-0.1, -0.05) is 11.6 Å². The summed E-state index contributed by atoms with van der Waals surface area (Å²) in [5.74, 6) is -0.224. The number of sulfonamides is 1. The number of halogens is 1. The Kier molecular flexibility index (Phi) is 5.19. The molecule has 7 heteroatoms. The summed E-state index contributed by atoms with van der Waals surface area (Å²) in [5, 5.41) is 0.270. The predicted octanol–water partition coefficient (Wildman–Crippen LogP) is 1.99. The first-order valence-corrected chi connectivity index (χ1v) is 7.98. The molecule has 0 atom stereocenters. The summed E-state index contributed by atoms with van der Waals surface area (Å²) >= 11 is 5.99. The van der Waals surface area contributed by atoms with Crippen LogP contribution >= 0.6 is 11.6 Å². The standard InChI is InChI=1S/C13H17ClN2O3S/c1-15(2)8-7-13(17)10-5-6-11(14)12(9-10)16(3)20(4,18)19/h5-9H,1-4H3. The zero-order valence-electron chi connectivity index (χ0n) is 11.8. The van der Waals surface area contributed by atoms with E-state index < -0.39 is 10.0 Å². The minimum atomic E-state index is -3.44. The van der Waals surface area contributed by atoms with Crippen molar-refractivity contribution in [3.05, 3.63) is 41.1 Å². The Bertz CT molecular complexity index is 639. The molecule has 0 aliphatic carbocycles. The highest BCUT2D eigenvalue weighted by Gasteiger charge is 2.16. The molecule has 0 heterocycles. The molecule has 0 saturated heterocycles. The van der Waals surface area contributed by atoms with E-state index in [1.54, 1.807) is 31.3 Å². The number of hydrogen-bond donors (Lipinski definition) is 0. The van der Waals surface area contributed by atoms with Crippen molar-refractivity contribution in [2.24, 2.45) is 0 Å². The van der Waals surface area contributed by atoms with Gasteiger partial charge in [0.25, 0.3) is 0 Å². The predicted molar refractivity (Wildman–Crippen MR) is 81.9 cm³/mol. The van der Waals surface area contributed by atoms with E-state index in [4.69, 9.17) is 11.6 Å². The molecule has 1 rings (SSSR count). The third-order valence-electron chi connectivity index (χ3n) is 2.59. The van der Waals surface area contributed by atoms with Gasteiger partial charge in [0.15, 0.2) is 5.78 Å². The van der Waals surface area contributed by atoms with Crippen molar-refractivity contribution in [1.29, 1.82) is 0 Å². The maximum atomic E-state index is 12.0. The topological polar surface area (TPSA) is 57.7 Å². The van der Waals surface area contributed by atoms with Crippen LogP contribution < -0.4 is 4.31 Å². The van der Waals surface area contributed by atoms with Gasteiger partial charge in [-0.25, -0.2) is 8.42 Å². The molecule has 0 radical (unpaired) electrons. The maximum absolute atomic E-state index is 12.0. The van der Waals surface area contributed by atoms with Gasteiger partial charge in [0.1, 0.15) is 0 Å². The van der Waals surface area contributed by atoms with Gasteiger partial charge in [-0.3, -0.25) is 9.10 Å². The molecule has 0 saturated carbocycles. The first kappa shape index (κ1) is 16.5. The van der Waals surface area contributed by atoms with Gasteiger partial charge >= 0.3 is 0 Å². The van der Waals surface area contributed by atoms with E-state index in [1.807, 2.05) is 0 Å². The lowest BCUT2D eigenvalue weighted by Gasteiger charge is -2.18. The van der Waals surface area contributed by atoms with E-state index in [1.165, 1.54) is 25.3 Å². The molecule has 20 heavy (non-hydrogen) atoms. The second-order valence-electron chi connectivity index (χ2n) is 4.54. The summed E-state index contributed by atoms with van der Waals surface area (Å²) in [6.45, 7) is 0. The average Bonchev–Trinajstić information content (AvgIpc) is 2.34. The van der Waals surface area contributed by atoms with E-state index in [0.29, 0.717) is 5.56 Å². The number of ketones is 1. The highest BCUT2D eigenvalue weighted by Crippen LogP contribution is 2.28. The second-order valence-corrected chi connectivity index (χ2v) is 6.96. The van der Waals surface area contributed by atoms with E-state index in [0.717, 1.165) is 10.6 Å². The largest absolute Gasteiger partial charge is 0.383 e. The fourth-order valence-electron chi connectivity index (χ4n) is 1.40. The molecule has 0 fully saturated rings. The van der Waals surface area contributed by atoms with Gasteiger partial charge in [0.2, 0.25) is 10.0 Å². The molecule has 0 aliphatic heterocycles. The molecule has 0 aliphatic rings. The number of rotatable bonds is 5. The van der Waals surface area contributed by atoms with Crippen LogP contribution in [0, 0.1) is 0 Å². The molecule has 0 unspecified atom stereocenters. The fraction of sp³-hybridized carbons (Fsp3) is 0.308. The van der Waals surface area contributed by atoms with Gasteiger partial charge in [-0.05, 0) is 18.2 Å². The summed E-state index contributed by atoms with van der Waals surface area (Å²) in [7, 11) is 1.55. The van der Waals surface area contributed by atoms with Crippen LogP contribution in [-0.2, 0) is 10.0 Å². The van der Waals surface area contributed by atoms with Crippen molar-refractivity contribution in [3.8, 4) is 0 Å². The van der Waals surface area contributed by atoms with E-state index in [-0.39, 0.29) is 16.5 Å². The minimum Gasteiger partial charge on any atom is -0.383 e. The van der Waals surface area contributed by atoms with Gasteiger partial charge in [-0.15, -0.1) is 0 Å². The van der Waals surface area contributed by atoms with E-state index in [9.17, 15) is 13.2 Å². The number of benzene rings is 1. The zero-order valence-corrected chi connectivity index (χ0v) is 13.4. The molecular weight excluding hydrogens is 300 g/mol. The molecule has 0 N–H and O–H groups in total. The van der Waals surface area contributed by atoms with Crippen molar-refractivity contribution in [3.63, 3.8) is 0 Å². The zero-order chi connectivity index (χ0) is 15.5. The van der Waals surface area contributed by atoms with Crippen LogP contribution in [0.1, 0.15) is 10.4 Å². The number of anilines is 1. The van der Waals surface area contributed by atoms with Crippen molar-refractivity contribution >= 4 is 33.1 Å². The lowest BCUT2D eigenvalue weighted by Crippen LogP contribution is -2.25. The van der Waals surface area contributed by atoms with Crippen molar-refractivity contribution in [2.45, 2.75) is 0 Å². The number of nitrogens with zero attached hydrogens (tertiary/aromatic N) is 2. The van der Waals surface area contributed by atoms with Crippen LogP contribution in [0.25, 0.3) is 0 Å². The summed E-state index contributed by atoms with van der Waals surface area (Å²) in [6.07, 6.45) is 4.11. The first-order chi connectivity index (χ1) is 9.12. The molecular formula is C13H17ClN2O3S. The van der Waals surface area contributed by atoms with E-state index in [2.05, 4.69) is 0 Å². The van der Waals surface area contributed by atoms with Crippen LogP contribution in [0.3, 0.4) is 0 Å². The number of allylic oxidation sites excluding steroid dienone is 1. The van der Waals surface area contributed by atoms with Crippen molar-refractivity contribution < 1.29 is 13.2 Å². The smallest absolute Gasteiger partial charge is 0.232 e. The number of hydrogen-bond acceptors (Lipinski definition) is 4.